The van der Waals surface area contributed by atoms with E-state index in [2.05, 4.69) is 4.98 Å². The molecule has 0 radical (unpaired) electrons. The summed E-state index contributed by atoms with van der Waals surface area (Å²) < 4.78 is 65.8. The monoisotopic (exact) mass is 486 g/mol. The maximum Gasteiger partial charge on any atom is 0.417 e. The zero-order valence-electron chi connectivity index (χ0n) is 17.6. The van der Waals surface area contributed by atoms with Crippen LogP contribution in [0.1, 0.15) is 16.1 Å². The average molecular weight is 486 g/mol. The van der Waals surface area contributed by atoms with E-state index < -0.39 is 33.2 Å². The topological polar surface area (TPSA) is 89.3 Å². The number of rotatable bonds is 5. The average Bonchev–Trinajstić information content (AvgIpc) is 3.24. The highest BCUT2D eigenvalue weighted by atomic mass is 32.2. The molecule has 10 heteroatoms. The zero-order valence-corrected chi connectivity index (χ0v) is 18.4. The van der Waals surface area contributed by atoms with E-state index in [0.717, 1.165) is 18.5 Å². The van der Waals surface area contributed by atoms with Gasteiger partial charge in [0.15, 0.2) is 15.5 Å². The van der Waals surface area contributed by atoms with Crippen molar-refractivity contribution in [3.8, 4) is 28.2 Å². The maximum absolute atomic E-state index is 13.6. The molecular formula is C24H17F3N2O4S. The number of aromatic carboxylic acids is 1. The first kappa shape index (κ1) is 23.2. The van der Waals surface area contributed by atoms with Crippen LogP contribution in [0, 0.1) is 0 Å². The smallest absolute Gasteiger partial charge is 0.417 e. The fourth-order valence-electron chi connectivity index (χ4n) is 3.52. The third-order valence-electron chi connectivity index (χ3n) is 5.14. The fourth-order valence-corrected chi connectivity index (χ4v) is 4.18. The van der Waals surface area contributed by atoms with Gasteiger partial charge < -0.3 is 5.11 Å². The standard InChI is InChI=1S/C24H17F3N2O4S/c1-34(32,33)18-6-4-5-16(13-18)15-9-11-17(12-10-15)29-14-21(23(30)31)28-22(29)19-7-2-3-8-20(19)24(25,26)27/h2-14H,1H3,(H,30,31). The molecule has 1 heterocycles. The van der Waals surface area contributed by atoms with Crippen LogP contribution in [0.15, 0.2) is 83.9 Å². The van der Waals surface area contributed by atoms with Crippen LogP contribution < -0.4 is 0 Å². The molecule has 3 aromatic carbocycles. The number of carbonyl (C=O) groups is 1. The molecular weight excluding hydrogens is 469 g/mol. The van der Waals surface area contributed by atoms with Crippen molar-refractivity contribution in [2.45, 2.75) is 11.1 Å². The number of hydrogen-bond acceptors (Lipinski definition) is 4. The van der Waals surface area contributed by atoms with Gasteiger partial charge in [-0.25, -0.2) is 18.2 Å². The Labute approximate surface area is 192 Å². The minimum atomic E-state index is -4.66. The molecule has 1 aromatic heterocycles. The fraction of sp³-hybridized carbons (Fsp3) is 0.0833. The Morgan fingerprint density at radius 1 is 0.941 bits per heavy atom. The molecule has 0 unspecified atom stereocenters. The van der Waals surface area contributed by atoms with Gasteiger partial charge in [0.25, 0.3) is 0 Å². The number of halogens is 3. The number of imidazole rings is 1. The summed E-state index contributed by atoms with van der Waals surface area (Å²) in [6.45, 7) is 0. The Kier molecular flexibility index (Phi) is 5.78. The van der Waals surface area contributed by atoms with Gasteiger partial charge in [-0.2, -0.15) is 13.2 Å². The first-order chi connectivity index (χ1) is 15.9. The molecule has 0 aliphatic heterocycles. The molecule has 0 bridgehead atoms. The number of hydrogen-bond donors (Lipinski definition) is 1. The normalized spacial score (nSPS) is 12.0. The highest BCUT2D eigenvalue weighted by molar-refractivity contribution is 7.90. The van der Waals surface area contributed by atoms with Crippen LogP contribution in [0.2, 0.25) is 0 Å². The van der Waals surface area contributed by atoms with Gasteiger partial charge in [-0.15, -0.1) is 0 Å². The number of alkyl halides is 3. The molecule has 0 fully saturated rings. The Bertz CT molecular complexity index is 1490. The molecule has 0 amide bonds. The van der Waals surface area contributed by atoms with E-state index in [1.54, 1.807) is 36.4 Å². The van der Waals surface area contributed by atoms with Crippen molar-refractivity contribution in [3.05, 3.63) is 90.3 Å². The molecule has 4 aromatic rings. The molecule has 6 nitrogen and oxygen atoms in total. The predicted octanol–water partition coefficient (Wildman–Crippen LogP) is 5.33. The minimum Gasteiger partial charge on any atom is -0.476 e. The van der Waals surface area contributed by atoms with Gasteiger partial charge in [-0.3, -0.25) is 4.57 Å². The second kappa shape index (κ2) is 8.45. The lowest BCUT2D eigenvalue weighted by molar-refractivity contribution is -0.137. The van der Waals surface area contributed by atoms with Gasteiger partial charge >= 0.3 is 12.1 Å². The van der Waals surface area contributed by atoms with Crippen LogP contribution >= 0.6 is 0 Å². The summed E-state index contributed by atoms with van der Waals surface area (Å²) in [6.07, 6.45) is -2.40. The van der Waals surface area contributed by atoms with Gasteiger partial charge in [-0.1, -0.05) is 42.5 Å². The first-order valence-corrected chi connectivity index (χ1v) is 11.7. The predicted molar refractivity (Wildman–Crippen MR) is 120 cm³/mol. The SMILES string of the molecule is CS(=O)(=O)c1cccc(-c2ccc(-n3cc(C(=O)O)nc3-c3ccccc3C(F)(F)F)cc2)c1. The summed E-state index contributed by atoms with van der Waals surface area (Å²) in [5.41, 5.74) is 0.0892. The minimum absolute atomic E-state index is 0.154. The maximum atomic E-state index is 13.6. The molecule has 174 valence electrons. The Hall–Kier alpha value is -3.92. The van der Waals surface area contributed by atoms with Gasteiger partial charge in [0.2, 0.25) is 0 Å². The van der Waals surface area contributed by atoms with E-state index in [9.17, 15) is 31.5 Å². The van der Waals surface area contributed by atoms with E-state index >= 15 is 0 Å². The van der Waals surface area contributed by atoms with Gasteiger partial charge in [-0.05, 0) is 41.5 Å². The lowest BCUT2D eigenvalue weighted by atomic mass is 10.0. The molecule has 34 heavy (non-hydrogen) atoms. The molecule has 1 N–H and O–H groups in total. The second-order valence-corrected chi connectivity index (χ2v) is 9.53. The van der Waals surface area contributed by atoms with Gasteiger partial charge in [0.1, 0.15) is 5.82 Å². The molecule has 0 saturated heterocycles. The van der Waals surface area contributed by atoms with Gasteiger partial charge in [0.05, 0.1) is 10.5 Å². The number of carboxylic acid groups (broad SMARTS) is 1. The van der Waals surface area contributed by atoms with Crippen molar-refractivity contribution in [2.24, 2.45) is 0 Å². The quantitative estimate of drug-likeness (QED) is 0.412. The highest BCUT2D eigenvalue weighted by Gasteiger charge is 2.35. The van der Waals surface area contributed by atoms with Crippen LogP contribution in [-0.2, 0) is 16.0 Å². The van der Waals surface area contributed by atoms with E-state index in [1.807, 2.05) is 0 Å². The summed E-state index contributed by atoms with van der Waals surface area (Å²) in [5.74, 6) is -1.55. The van der Waals surface area contributed by atoms with Gasteiger partial charge in [0, 0.05) is 23.7 Å². The third kappa shape index (κ3) is 4.58. The lowest BCUT2D eigenvalue weighted by Gasteiger charge is -2.14. The van der Waals surface area contributed by atoms with E-state index in [4.69, 9.17) is 0 Å². The molecule has 0 aliphatic rings. The third-order valence-corrected chi connectivity index (χ3v) is 6.25. The number of benzene rings is 3. The Morgan fingerprint density at radius 3 is 2.24 bits per heavy atom. The molecule has 4 rings (SSSR count). The second-order valence-electron chi connectivity index (χ2n) is 7.52. The van der Waals surface area contributed by atoms with E-state index in [1.165, 1.54) is 34.9 Å². The summed E-state index contributed by atoms with van der Waals surface area (Å²) in [4.78, 5) is 15.6. The van der Waals surface area contributed by atoms with Crippen LogP contribution in [0.5, 0.6) is 0 Å². The van der Waals surface area contributed by atoms with Crippen LogP contribution in [0.25, 0.3) is 28.2 Å². The summed E-state index contributed by atoms with van der Waals surface area (Å²) in [5, 5.41) is 9.38. The lowest BCUT2D eigenvalue weighted by Crippen LogP contribution is -2.09. The number of sulfone groups is 1. The van der Waals surface area contributed by atoms with E-state index in [-0.39, 0.29) is 16.3 Å². The molecule has 0 spiro atoms. The molecule has 0 atom stereocenters. The van der Waals surface area contributed by atoms with Crippen LogP contribution in [0.3, 0.4) is 0 Å². The largest absolute Gasteiger partial charge is 0.476 e. The first-order valence-electron chi connectivity index (χ1n) is 9.85. The molecule has 0 aliphatic carbocycles. The van der Waals surface area contributed by atoms with E-state index in [0.29, 0.717) is 16.8 Å². The highest BCUT2D eigenvalue weighted by Crippen LogP contribution is 2.37. The van der Waals surface area contributed by atoms with Crippen molar-refractivity contribution in [1.29, 1.82) is 0 Å². The van der Waals surface area contributed by atoms with Crippen molar-refractivity contribution >= 4 is 15.8 Å². The van der Waals surface area contributed by atoms with Crippen molar-refractivity contribution < 1.29 is 31.5 Å². The summed E-state index contributed by atoms with van der Waals surface area (Å²) in [7, 11) is -3.40. The number of aromatic nitrogens is 2. The van der Waals surface area contributed by atoms with Crippen molar-refractivity contribution in [2.75, 3.05) is 6.26 Å². The number of nitrogens with zero attached hydrogens (tertiary/aromatic N) is 2. The Morgan fingerprint density at radius 2 is 1.62 bits per heavy atom. The number of carboxylic acids is 1. The van der Waals surface area contributed by atoms with Crippen molar-refractivity contribution in [3.63, 3.8) is 0 Å². The molecule has 0 saturated carbocycles. The zero-order chi connectivity index (χ0) is 24.7. The van der Waals surface area contributed by atoms with Crippen molar-refractivity contribution in [1.82, 2.24) is 9.55 Å². The Balaban J connectivity index is 1.82. The summed E-state index contributed by atoms with van der Waals surface area (Å²) >= 11 is 0. The van der Waals surface area contributed by atoms with Crippen LogP contribution in [0.4, 0.5) is 13.2 Å². The summed E-state index contributed by atoms with van der Waals surface area (Å²) in [6, 6.07) is 17.7. The van der Waals surface area contributed by atoms with Crippen LogP contribution in [-0.4, -0.2) is 35.3 Å².